The lowest BCUT2D eigenvalue weighted by atomic mass is 10.2. The maximum absolute atomic E-state index is 3.68. The first kappa shape index (κ1) is 9.53. The Bertz CT molecular complexity index is 158. The lowest BCUT2D eigenvalue weighted by molar-refractivity contribution is 0.679. The summed E-state index contributed by atoms with van der Waals surface area (Å²) in [6.07, 6.45) is 10.7. The Balaban J connectivity index is 1.91. The van der Waals surface area contributed by atoms with Crippen molar-refractivity contribution in [1.82, 2.24) is 5.32 Å². The molecule has 0 aromatic carbocycles. The normalized spacial score (nSPS) is 16.2. The molecule has 0 fully saturated rings. The molecule has 0 unspecified atom stereocenters. The van der Waals surface area contributed by atoms with Crippen molar-refractivity contribution >= 4 is 0 Å². The van der Waals surface area contributed by atoms with Gasteiger partial charge in [0.25, 0.3) is 0 Å². The van der Waals surface area contributed by atoms with E-state index in [1.54, 1.807) is 5.57 Å². The molecule has 12 heavy (non-hydrogen) atoms. The fourth-order valence-corrected chi connectivity index (χ4v) is 1.54. The van der Waals surface area contributed by atoms with Crippen molar-refractivity contribution in [3.8, 4) is 0 Å². The van der Waals surface area contributed by atoms with Gasteiger partial charge in [-0.1, -0.05) is 17.7 Å². The molecule has 1 nitrogen and oxygen atoms in total. The van der Waals surface area contributed by atoms with Gasteiger partial charge in [0, 0.05) is 0 Å². The van der Waals surface area contributed by atoms with E-state index in [9.17, 15) is 0 Å². The van der Waals surface area contributed by atoms with Gasteiger partial charge >= 0.3 is 0 Å². The van der Waals surface area contributed by atoms with E-state index in [4.69, 9.17) is 0 Å². The van der Waals surface area contributed by atoms with Gasteiger partial charge in [0.2, 0.25) is 0 Å². The summed E-state index contributed by atoms with van der Waals surface area (Å²) in [5.41, 5.74) is 1.65. The highest BCUT2D eigenvalue weighted by Crippen LogP contribution is 2.19. The van der Waals surface area contributed by atoms with Crippen molar-refractivity contribution in [2.75, 3.05) is 13.1 Å². The zero-order chi connectivity index (χ0) is 8.65. The number of allylic oxidation sites excluding steroid dienone is 1. The van der Waals surface area contributed by atoms with Gasteiger partial charge in [0.15, 0.2) is 0 Å². The van der Waals surface area contributed by atoms with E-state index < -0.39 is 0 Å². The summed E-state index contributed by atoms with van der Waals surface area (Å²) in [5.74, 6) is 0. The van der Waals surface area contributed by atoms with E-state index in [-0.39, 0.29) is 0 Å². The van der Waals surface area contributed by atoms with Gasteiger partial charge in [-0.25, -0.2) is 0 Å². The van der Waals surface area contributed by atoms with Crippen LogP contribution in [0.4, 0.5) is 0 Å². The quantitative estimate of drug-likeness (QED) is 0.471. The van der Waals surface area contributed by atoms with E-state index in [0.29, 0.717) is 0 Å². The molecule has 1 N–H and O–H groups in total. The molecular weight excluding hydrogens is 146 g/mol. The Labute approximate surface area is 75.6 Å². The third-order valence-corrected chi connectivity index (χ3v) is 2.28. The smallest absolute Gasteiger partial charge is 0.00115 e. The van der Waals surface area contributed by atoms with Gasteiger partial charge in [0.1, 0.15) is 0 Å². The summed E-state index contributed by atoms with van der Waals surface area (Å²) in [7, 11) is 0. The van der Waals surface area contributed by atoms with Crippen LogP contribution in [0.3, 0.4) is 0 Å². The third-order valence-electron chi connectivity index (χ3n) is 2.28. The van der Waals surface area contributed by atoms with Gasteiger partial charge in [-0.05, 0) is 45.2 Å². The van der Waals surface area contributed by atoms with Crippen molar-refractivity contribution < 1.29 is 0 Å². The van der Waals surface area contributed by atoms with Crippen LogP contribution >= 0.6 is 0 Å². The number of rotatable bonds is 6. The van der Waals surface area contributed by atoms with Crippen LogP contribution < -0.4 is 5.32 Å². The number of hydrogen-bond acceptors (Lipinski definition) is 1. The van der Waals surface area contributed by atoms with Gasteiger partial charge in [-0.15, -0.1) is 6.58 Å². The lowest BCUT2D eigenvalue weighted by Gasteiger charge is -2.03. The highest BCUT2D eigenvalue weighted by molar-refractivity contribution is 5.07. The monoisotopic (exact) mass is 165 g/mol. The Morgan fingerprint density at radius 3 is 3.08 bits per heavy atom. The Morgan fingerprint density at radius 2 is 2.42 bits per heavy atom. The van der Waals surface area contributed by atoms with Gasteiger partial charge in [-0.3, -0.25) is 0 Å². The molecule has 0 saturated heterocycles. The maximum atomic E-state index is 3.68. The summed E-state index contributed by atoms with van der Waals surface area (Å²) in [4.78, 5) is 0. The zero-order valence-electron chi connectivity index (χ0n) is 7.81. The topological polar surface area (TPSA) is 12.0 Å². The highest BCUT2D eigenvalue weighted by Gasteiger charge is 2.02. The number of hydrogen-bond donors (Lipinski definition) is 1. The van der Waals surface area contributed by atoms with Crippen LogP contribution in [0.25, 0.3) is 0 Å². The molecule has 1 heteroatoms. The molecule has 1 aliphatic carbocycles. The average molecular weight is 165 g/mol. The molecule has 0 saturated carbocycles. The third kappa shape index (κ3) is 3.72. The second-order valence-electron chi connectivity index (χ2n) is 3.33. The predicted octanol–water partition coefficient (Wildman–Crippen LogP) is 2.65. The molecule has 1 aliphatic rings. The molecule has 0 radical (unpaired) electrons. The van der Waals surface area contributed by atoms with E-state index in [2.05, 4.69) is 18.0 Å². The minimum absolute atomic E-state index is 1.08. The van der Waals surface area contributed by atoms with E-state index in [1.165, 1.54) is 25.7 Å². The van der Waals surface area contributed by atoms with E-state index >= 15 is 0 Å². The predicted molar refractivity (Wildman–Crippen MR) is 54.2 cm³/mol. The van der Waals surface area contributed by atoms with Crippen molar-refractivity contribution in [3.05, 3.63) is 24.3 Å². The Morgan fingerprint density at radius 1 is 1.50 bits per heavy atom. The Hall–Kier alpha value is -0.560. The first-order valence-electron chi connectivity index (χ1n) is 4.93. The van der Waals surface area contributed by atoms with E-state index in [1.807, 2.05) is 6.08 Å². The molecule has 0 aliphatic heterocycles. The van der Waals surface area contributed by atoms with Gasteiger partial charge in [-0.2, -0.15) is 0 Å². The molecule has 0 heterocycles. The van der Waals surface area contributed by atoms with Crippen LogP contribution in [-0.4, -0.2) is 13.1 Å². The van der Waals surface area contributed by atoms with Crippen LogP contribution in [0.2, 0.25) is 0 Å². The van der Waals surface area contributed by atoms with Crippen molar-refractivity contribution in [2.45, 2.75) is 32.1 Å². The van der Waals surface area contributed by atoms with Crippen LogP contribution in [0.15, 0.2) is 24.3 Å². The van der Waals surface area contributed by atoms with E-state index in [0.717, 1.165) is 19.5 Å². The lowest BCUT2D eigenvalue weighted by Crippen LogP contribution is -2.16. The fraction of sp³-hybridized carbons (Fsp3) is 0.636. The SMILES string of the molecule is C=CCCNCCC1=CCCC1. The summed E-state index contributed by atoms with van der Waals surface area (Å²) in [6, 6.07) is 0. The summed E-state index contributed by atoms with van der Waals surface area (Å²) in [6.45, 7) is 5.90. The second kappa shape index (κ2) is 6.01. The molecule has 0 spiro atoms. The molecule has 0 aromatic rings. The number of nitrogens with one attached hydrogen (secondary N) is 1. The van der Waals surface area contributed by atoms with Crippen molar-refractivity contribution in [3.63, 3.8) is 0 Å². The molecule has 0 amide bonds. The minimum atomic E-state index is 1.08. The molecule has 0 bridgehead atoms. The van der Waals surface area contributed by atoms with Crippen LogP contribution in [0.5, 0.6) is 0 Å². The summed E-state index contributed by atoms with van der Waals surface area (Å²) >= 11 is 0. The molecule has 1 rings (SSSR count). The molecular formula is C11H19N. The molecule has 0 aromatic heterocycles. The van der Waals surface area contributed by atoms with Gasteiger partial charge < -0.3 is 5.32 Å². The highest BCUT2D eigenvalue weighted by atomic mass is 14.8. The first-order valence-corrected chi connectivity index (χ1v) is 4.93. The largest absolute Gasteiger partial charge is 0.316 e. The van der Waals surface area contributed by atoms with Crippen LogP contribution in [-0.2, 0) is 0 Å². The average Bonchev–Trinajstić information content (AvgIpc) is 2.57. The van der Waals surface area contributed by atoms with Crippen LogP contribution in [0, 0.1) is 0 Å². The Kier molecular flexibility index (Phi) is 4.77. The van der Waals surface area contributed by atoms with Crippen LogP contribution in [0.1, 0.15) is 32.1 Å². The van der Waals surface area contributed by atoms with Gasteiger partial charge in [0.05, 0.1) is 0 Å². The van der Waals surface area contributed by atoms with Crippen molar-refractivity contribution in [2.24, 2.45) is 0 Å². The van der Waals surface area contributed by atoms with Crippen molar-refractivity contribution in [1.29, 1.82) is 0 Å². The summed E-state index contributed by atoms with van der Waals surface area (Å²) in [5, 5.41) is 3.40. The standard InChI is InChI=1S/C11H19N/c1-2-3-9-12-10-8-11-6-4-5-7-11/h2,6,12H,1,3-5,7-10H2. The zero-order valence-corrected chi connectivity index (χ0v) is 7.81. The fourth-order valence-electron chi connectivity index (χ4n) is 1.54. The summed E-state index contributed by atoms with van der Waals surface area (Å²) < 4.78 is 0. The molecule has 68 valence electrons. The first-order chi connectivity index (χ1) is 5.93. The minimum Gasteiger partial charge on any atom is -0.316 e. The second-order valence-corrected chi connectivity index (χ2v) is 3.33. The maximum Gasteiger partial charge on any atom is -0.00115 e. The molecule has 0 atom stereocenters.